The van der Waals surface area contributed by atoms with E-state index in [0.29, 0.717) is 24.0 Å². The summed E-state index contributed by atoms with van der Waals surface area (Å²) in [6.45, 7) is 5.61. The molecule has 1 aromatic carbocycles. The molecular formula is C23H30N4O3S. The van der Waals surface area contributed by atoms with Crippen molar-refractivity contribution in [2.75, 3.05) is 13.1 Å². The summed E-state index contributed by atoms with van der Waals surface area (Å²) in [5, 5.41) is 0. The summed E-state index contributed by atoms with van der Waals surface area (Å²) in [7, 11) is -3.46. The van der Waals surface area contributed by atoms with Gasteiger partial charge in [-0.1, -0.05) is 6.42 Å². The van der Waals surface area contributed by atoms with Gasteiger partial charge in [-0.3, -0.25) is 4.90 Å². The van der Waals surface area contributed by atoms with E-state index in [-0.39, 0.29) is 0 Å². The lowest BCUT2D eigenvalue weighted by atomic mass is 10.2. The Morgan fingerprint density at radius 2 is 1.94 bits per heavy atom. The molecule has 0 amide bonds. The Hall–Kier alpha value is -2.16. The van der Waals surface area contributed by atoms with Gasteiger partial charge in [0.05, 0.1) is 35.3 Å². The van der Waals surface area contributed by atoms with Gasteiger partial charge < -0.3 is 8.98 Å². The van der Waals surface area contributed by atoms with Crippen molar-refractivity contribution in [3.8, 4) is 0 Å². The number of imidazole rings is 1. The monoisotopic (exact) mass is 442 g/mol. The Morgan fingerprint density at radius 3 is 2.61 bits per heavy atom. The highest BCUT2D eigenvalue weighted by Gasteiger charge is 2.31. The number of sulfonamides is 1. The second-order valence-electron chi connectivity index (χ2n) is 8.60. The van der Waals surface area contributed by atoms with Crippen molar-refractivity contribution >= 4 is 21.1 Å². The molecule has 2 aromatic heterocycles. The highest BCUT2D eigenvalue weighted by molar-refractivity contribution is 7.89. The Morgan fingerprint density at radius 1 is 1.13 bits per heavy atom. The fraction of sp³-hybridized carbons (Fsp3) is 0.522. The van der Waals surface area contributed by atoms with Crippen LogP contribution < -0.4 is 0 Å². The van der Waals surface area contributed by atoms with Crippen LogP contribution in [0.4, 0.5) is 0 Å². The van der Waals surface area contributed by atoms with Crippen molar-refractivity contribution in [3.63, 3.8) is 0 Å². The fourth-order valence-electron chi connectivity index (χ4n) is 4.59. The minimum absolute atomic E-state index is 0.351. The van der Waals surface area contributed by atoms with Crippen molar-refractivity contribution in [2.45, 2.75) is 69.6 Å². The molecule has 31 heavy (non-hydrogen) atoms. The van der Waals surface area contributed by atoms with Gasteiger partial charge in [-0.2, -0.15) is 4.31 Å². The zero-order valence-electron chi connectivity index (χ0n) is 18.0. The lowest BCUT2D eigenvalue weighted by Crippen LogP contribution is -2.35. The fourth-order valence-corrected chi connectivity index (χ4v) is 6.12. The molecule has 166 valence electrons. The topological polar surface area (TPSA) is 71.6 Å². The maximum Gasteiger partial charge on any atom is 0.243 e. The number of benzene rings is 1. The van der Waals surface area contributed by atoms with Crippen LogP contribution >= 0.6 is 0 Å². The van der Waals surface area contributed by atoms with Crippen LogP contribution in [0.15, 0.2) is 45.9 Å². The quantitative estimate of drug-likeness (QED) is 0.528. The Kier molecular flexibility index (Phi) is 5.62. The van der Waals surface area contributed by atoms with E-state index in [9.17, 15) is 8.42 Å². The van der Waals surface area contributed by atoms with E-state index in [1.54, 1.807) is 22.7 Å². The number of piperidine rings is 1. The van der Waals surface area contributed by atoms with Crippen LogP contribution in [0.1, 0.15) is 50.6 Å². The summed E-state index contributed by atoms with van der Waals surface area (Å²) in [6, 6.07) is 9.90. The number of hydrogen-bond donors (Lipinski definition) is 0. The molecule has 5 rings (SSSR count). The molecule has 0 spiro atoms. The van der Waals surface area contributed by atoms with Crippen molar-refractivity contribution in [3.05, 3.63) is 48.2 Å². The number of aromatic nitrogens is 2. The summed E-state index contributed by atoms with van der Waals surface area (Å²) < 4.78 is 35.6. The van der Waals surface area contributed by atoms with Gasteiger partial charge in [0, 0.05) is 25.7 Å². The first-order chi connectivity index (χ1) is 15.1. The maximum atomic E-state index is 13.1. The van der Waals surface area contributed by atoms with Crippen molar-refractivity contribution in [1.82, 2.24) is 18.8 Å². The first-order valence-corrected chi connectivity index (χ1v) is 12.8. The number of hydrogen-bond acceptors (Lipinski definition) is 5. The Balaban J connectivity index is 1.45. The molecule has 1 aliphatic carbocycles. The van der Waals surface area contributed by atoms with Crippen LogP contribution in [0.3, 0.4) is 0 Å². The number of fused-ring (bicyclic) bond motifs is 1. The number of nitrogens with zero attached hydrogens (tertiary/aromatic N) is 4. The van der Waals surface area contributed by atoms with Crippen LogP contribution in [-0.4, -0.2) is 46.3 Å². The molecule has 8 heteroatoms. The molecule has 0 unspecified atom stereocenters. The molecule has 0 bridgehead atoms. The first kappa shape index (κ1) is 20.7. The minimum atomic E-state index is -3.46. The molecule has 7 nitrogen and oxygen atoms in total. The third kappa shape index (κ3) is 4.16. The van der Waals surface area contributed by atoms with Gasteiger partial charge in [0.1, 0.15) is 11.6 Å². The molecule has 2 aliphatic rings. The summed E-state index contributed by atoms with van der Waals surface area (Å²) >= 11 is 0. The summed E-state index contributed by atoms with van der Waals surface area (Å²) in [5.74, 6) is 1.93. The Labute approximate surface area is 183 Å². The van der Waals surface area contributed by atoms with E-state index in [1.165, 1.54) is 12.8 Å². The minimum Gasteiger partial charge on any atom is -0.468 e. The SMILES string of the molecule is CCn1c(CN(Cc2ccco2)C2CC2)nc2cc(S(=O)(=O)N3CCCCC3)ccc21. The van der Waals surface area contributed by atoms with E-state index >= 15 is 0 Å². The molecule has 1 aliphatic heterocycles. The average Bonchev–Trinajstić information content (AvgIpc) is 3.40. The molecule has 1 saturated heterocycles. The summed E-state index contributed by atoms with van der Waals surface area (Å²) in [4.78, 5) is 7.65. The van der Waals surface area contributed by atoms with Gasteiger partial charge in [-0.15, -0.1) is 0 Å². The van der Waals surface area contributed by atoms with Crippen LogP contribution in [0, 0.1) is 0 Å². The lowest BCUT2D eigenvalue weighted by molar-refractivity contribution is 0.217. The third-order valence-corrected chi connectivity index (χ3v) is 8.31. The molecule has 1 saturated carbocycles. The third-order valence-electron chi connectivity index (χ3n) is 6.41. The van der Waals surface area contributed by atoms with Gasteiger partial charge in [-0.25, -0.2) is 13.4 Å². The maximum absolute atomic E-state index is 13.1. The molecule has 3 heterocycles. The Bertz CT molecular complexity index is 1140. The lowest BCUT2D eigenvalue weighted by Gasteiger charge is -2.25. The largest absolute Gasteiger partial charge is 0.468 e. The highest BCUT2D eigenvalue weighted by Crippen LogP contribution is 2.31. The van der Waals surface area contributed by atoms with Gasteiger partial charge in [0.2, 0.25) is 10.0 Å². The summed E-state index contributed by atoms with van der Waals surface area (Å²) in [5.41, 5.74) is 1.74. The van der Waals surface area contributed by atoms with Gasteiger partial charge >= 0.3 is 0 Å². The van der Waals surface area contributed by atoms with Crippen LogP contribution in [0.5, 0.6) is 0 Å². The van der Waals surface area contributed by atoms with Crippen molar-refractivity contribution in [2.24, 2.45) is 0 Å². The molecule has 0 radical (unpaired) electrons. The van der Waals surface area contributed by atoms with Crippen molar-refractivity contribution < 1.29 is 12.8 Å². The first-order valence-electron chi connectivity index (χ1n) is 11.3. The average molecular weight is 443 g/mol. The van der Waals surface area contributed by atoms with E-state index in [1.807, 2.05) is 18.2 Å². The molecule has 0 N–H and O–H groups in total. The summed E-state index contributed by atoms with van der Waals surface area (Å²) in [6.07, 6.45) is 7.08. The van der Waals surface area contributed by atoms with Gasteiger partial charge in [0.25, 0.3) is 0 Å². The number of aryl methyl sites for hydroxylation is 1. The molecule has 3 aromatic rings. The van der Waals surface area contributed by atoms with E-state index in [4.69, 9.17) is 9.40 Å². The van der Waals surface area contributed by atoms with Gasteiger partial charge in [-0.05, 0) is 62.9 Å². The van der Waals surface area contributed by atoms with Crippen molar-refractivity contribution in [1.29, 1.82) is 0 Å². The van der Waals surface area contributed by atoms with E-state index in [0.717, 1.165) is 61.5 Å². The van der Waals surface area contributed by atoms with Gasteiger partial charge in [0.15, 0.2) is 0 Å². The molecular weight excluding hydrogens is 412 g/mol. The van der Waals surface area contributed by atoms with Crippen LogP contribution in [-0.2, 0) is 29.7 Å². The number of furan rings is 1. The predicted octanol–water partition coefficient (Wildman–Crippen LogP) is 3.99. The zero-order valence-corrected chi connectivity index (χ0v) is 18.9. The van der Waals surface area contributed by atoms with Crippen LogP contribution in [0.2, 0.25) is 0 Å². The second kappa shape index (κ2) is 8.41. The molecule has 2 fully saturated rings. The van der Waals surface area contributed by atoms with E-state index < -0.39 is 10.0 Å². The van der Waals surface area contributed by atoms with E-state index in [2.05, 4.69) is 16.4 Å². The zero-order chi connectivity index (χ0) is 21.4. The molecule has 0 atom stereocenters. The normalized spacial score (nSPS) is 18.3. The smallest absolute Gasteiger partial charge is 0.243 e. The predicted molar refractivity (Wildman–Crippen MR) is 119 cm³/mol. The van der Waals surface area contributed by atoms with Crippen LogP contribution in [0.25, 0.3) is 11.0 Å². The highest BCUT2D eigenvalue weighted by atomic mass is 32.2. The number of rotatable bonds is 8. The standard InChI is InChI=1S/C23H30N4O3S/c1-2-27-22-11-10-20(31(28,29)26-12-4-3-5-13-26)15-21(22)24-23(27)17-25(18-8-9-18)16-19-7-6-14-30-19/h6-7,10-11,14-15,18H,2-5,8-9,12-13,16-17H2,1H3. The second-order valence-corrected chi connectivity index (χ2v) is 10.5.